The second-order valence-corrected chi connectivity index (χ2v) is 6.98. The first kappa shape index (κ1) is 14.5. The summed E-state index contributed by atoms with van der Waals surface area (Å²) < 4.78 is 7.33. The van der Waals surface area contributed by atoms with Gasteiger partial charge in [-0.15, -0.1) is 11.3 Å². The largest absolute Gasteiger partial charge is 0.374 e. The van der Waals surface area contributed by atoms with E-state index in [-0.39, 0.29) is 5.60 Å². The number of nitrogens with one attached hydrogen (secondary N) is 1. The molecule has 2 nitrogen and oxygen atoms in total. The van der Waals surface area contributed by atoms with Crippen LogP contribution in [0.15, 0.2) is 15.9 Å². The molecule has 1 aromatic rings. The highest BCUT2D eigenvalue weighted by molar-refractivity contribution is 9.10. The van der Waals surface area contributed by atoms with Gasteiger partial charge in [0.05, 0.1) is 5.60 Å². The highest BCUT2D eigenvalue weighted by Gasteiger charge is 2.36. The molecule has 2 atom stereocenters. The first-order chi connectivity index (χ1) is 8.65. The monoisotopic (exact) mass is 331 g/mol. The van der Waals surface area contributed by atoms with E-state index in [1.165, 1.54) is 22.2 Å². The van der Waals surface area contributed by atoms with E-state index in [9.17, 15) is 0 Å². The van der Waals surface area contributed by atoms with E-state index >= 15 is 0 Å². The maximum Gasteiger partial charge on any atom is 0.0810 e. The van der Waals surface area contributed by atoms with E-state index in [1.54, 1.807) is 0 Å². The van der Waals surface area contributed by atoms with Gasteiger partial charge in [-0.1, -0.05) is 6.92 Å². The zero-order valence-corrected chi connectivity index (χ0v) is 13.6. The number of ether oxygens (including phenoxy) is 1. The third kappa shape index (κ3) is 3.35. The molecule has 0 saturated carbocycles. The normalized spacial score (nSPS) is 26.2. The molecule has 1 saturated heterocycles. The molecule has 0 aromatic carbocycles. The van der Waals surface area contributed by atoms with Crippen LogP contribution in [-0.2, 0) is 11.2 Å². The number of thiophene rings is 1. The molecule has 4 heteroatoms. The molecule has 1 fully saturated rings. The van der Waals surface area contributed by atoms with Gasteiger partial charge in [0.15, 0.2) is 0 Å². The Labute approximate surface area is 122 Å². The highest BCUT2D eigenvalue weighted by Crippen LogP contribution is 2.32. The van der Waals surface area contributed by atoms with E-state index < -0.39 is 0 Å². The molecule has 102 valence electrons. The minimum atomic E-state index is -0.0162. The lowest BCUT2D eigenvalue weighted by Crippen LogP contribution is -2.53. The maximum atomic E-state index is 6.10. The van der Waals surface area contributed by atoms with Crippen molar-refractivity contribution >= 4 is 27.3 Å². The molecule has 2 rings (SSSR count). The van der Waals surface area contributed by atoms with Crippen LogP contribution in [0, 0.1) is 0 Å². The van der Waals surface area contributed by atoms with Crippen LogP contribution in [0.5, 0.6) is 0 Å². The molecule has 2 heterocycles. The van der Waals surface area contributed by atoms with Gasteiger partial charge in [0.2, 0.25) is 0 Å². The molecule has 0 amide bonds. The Bertz CT molecular complexity index is 374. The zero-order chi connectivity index (χ0) is 13.0. The average molecular weight is 332 g/mol. The Kier molecular flexibility index (Phi) is 5.24. The molecule has 0 radical (unpaired) electrons. The van der Waals surface area contributed by atoms with E-state index in [4.69, 9.17) is 4.74 Å². The molecule has 0 bridgehead atoms. The van der Waals surface area contributed by atoms with Crippen LogP contribution in [0.2, 0.25) is 0 Å². The molecule has 1 N–H and O–H groups in total. The molecule has 1 aliphatic heterocycles. The van der Waals surface area contributed by atoms with Gasteiger partial charge in [-0.25, -0.2) is 0 Å². The van der Waals surface area contributed by atoms with Gasteiger partial charge in [0, 0.05) is 28.4 Å². The number of rotatable bonds is 5. The first-order valence-corrected chi connectivity index (χ1v) is 8.42. The number of hydrogen-bond donors (Lipinski definition) is 1. The summed E-state index contributed by atoms with van der Waals surface area (Å²) in [6.07, 6.45) is 4.69. The third-order valence-electron chi connectivity index (χ3n) is 3.77. The average Bonchev–Trinajstić information content (AvgIpc) is 2.75. The van der Waals surface area contributed by atoms with E-state index in [0.29, 0.717) is 6.04 Å². The first-order valence-electron chi connectivity index (χ1n) is 6.75. The predicted octanol–water partition coefficient (Wildman–Crippen LogP) is 3.99. The van der Waals surface area contributed by atoms with Gasteiger partial charge >= 0.3 is 0 Å². The summed E-state index contributed by atoms with van der Waals surface area (Å²) in [5.74, 6) is 0. The summed E-state index contributed by atoms with van der Waals surface area (Å²) in [5, 5.41) is 5.76. The van der Waals surface area contributed by atoms with E-state index in [1.807, 2.05) is 11.3 Å². The maximum absolute atomic E-state index is 6.10. The Hall–Kier alpha value is 0.1000. The van der Waals surface area contributed by atoms with Crippen LogP contribution in [0.3, 0.4) is 0 Å². The summed E-state index contributed by atoms with van der Waals surface area (Å²) in [6, 6.07) is 2.53. The van der Waals surface area contributed by atoms with Gasteiger partial charge in [-0.05, 0) is 60.1 Å². The Balaban J connectivity index is 2.09. The summed E-state index contributed by atoms with van der Waals surface area (Å²) in [6.45, 7) is 6.33. The molecule has 0 aliphatic carbocycles. The molecule has 1 aromatic heterocycles. The fourth-order valence-electron chi connectivity index (χ4n) is 2.64. The van der Waals surface area contributed by atoms with Crippen molar-refractivity contribution in [2.75, 3.05) is 13.2 Å². The highest BCUT2D eigenvalue weighted by atomic mass is 79.9. The molecular formula is C14H22BrNOS. The van der Waals surface area contributed by atoms with Crippen LogP contribution < -0.4 is 5.32 Å². The van der Waals surface area contributed by atoms with Gasteiger partial charge in [0.25, 0.3) is 0 Å². The topological polar surface area (TPSA) is 21.3 Å². The van der Waals surface area contributed by atoms with Crippen molar-refractivity contribution in [2.45, 2.75) is 51.2 Å². The Morgan fingerprint density at radius 2 is 2.39 bits per heavy atom. The van der Waals surface area contributed by atoms with Crippen LogP contribution in [0.4, 0.5) is 0 Å². The summed E-state index contributed by atoms with van der Waals surface area (Å²) in [4.78, 5) is 1.41. The number of likely N-dealkylation sites (N-methyl/N-ethyl adjacent to an activating group) is 1. The predicted molar refractivity (Wildman–Crippen MR) is 81.4 cm³/mol. The lowest BCUT2D eigenvalue weighted by molar-refractivity contribution is -0.0880. The fraction of sp³-hybridized carbons (Fsp3) is 0.714. The second kappa shape index (κ2) is 6.51. The van der Waals surface area contributed by atoms with Gasteiger partial charge < -0.3 is 10.1 Å². The minimum absolute atomic E-state index is 0.0162. The van der Waals surface area contributed by atoms with Gasteiger partial charge in [-0.3, -0.25) is 0 Å². The van der Waals surface area contributed by atoms with Crippen LogP contribution in [0.1, 0.15) is 38.0 Å². The summed E-state index contributed by atoms with van der Waals surface area (Å²) in [5.41, 5.74) is -0.0162. The lowest BCUT2D eigenvalue weighted by atomic mass is 9.86. The van der Waals surface area contributed by atoms with Crippen molar-refractivity contribution in [2.24, 2.45) is 0 Å². The van der Waals surface area contributed by atoms with Crippen molar-refractivity contribution in [1.82, 2.24) is 5.32 Å². The fourth-order valence-corrected chi connectivity index (χ4v) is 4.20. The Morgan fingerprint density at radius 3 is 2.94 bits per heavy atom. The van der Waals surface area contributed by atoms with E-state index in [2.05, 4.69) is 46.5 Å². The van der Waals surface area contributed by atoms with Crippen LogP contribution in [-0.4, -0.2) is 24.8 Å². The minimum Gasteiger partial charge on any atom is -0.374 e. The van der Waals surface area contributed by atoms with Crippen molar-refractivity contribution in [3.05, 3.63) is 20.8 Å². The number of hydrogen-bond acceptors (Lipinski definition) is 3. The van der Waals surface area contributed by atoms with Crippen LogP contribution in [0.25, 0.3) is 0 Å². The summed E-state index contributed by atoms with van der Waals surface area (Å²) in [7, 11) is 0. The van der Waals surface area contributed by atoms with E-state index in [0.717, 1.165) is 26.0 Å². The zero-order valence-electron chi connectivity index (χ0n) is 11.2. The quantitative estimate of drug-likeness (QED) is 0.880. The molecule has 1 aliphatic rings. The standard InChI is InChI=1S/C14H22BrNOS/c1-3-16-13(10-12-11(15)6-9-18-12)14(2)7-4-5-8-17-14/h6,9,13,16H,3-5,7-8,10H2,1-2H3. The molecule has 18 heavy (non-hydrogen) atoms. The molecule has 2 unspecified atom stereocenters. The molecular weight excluding hydrogens is 310 g/mol. The smallest absolute Gasteiger partial charge is 0.0810 e. The summed E-state index contributed by atoms with van der Waals surface area (Å²) >= 11 is 5.45. The van der Waals surface area contributed by atoms with Crippen molar-refractivity contribution in [3.8, 4) is 0 Å². The van der Waals surface area contributed by atoms with Crippen molar-refractivity contribution < 1.29 is 4.74 Å². The molecule has 0 spiro atoms. The van der Waals surface area contributed by atoms with Gasteiger partial charge in [-0.2, -0.15) is 0 Å². The lowest BCUT2D eigenvalue weighted by Gasteiger charge is -2.41. The number of halogens is 1. The van der Waals surface area contributed by atoms with Crippen molar-refractivity contribution in [1.29, 1.82) is 0 Å². The Morgan fingerprint density at radius 1 is 1.56 bits per heavy atom. The third-order valence-corrected chi connectivity index (χ3v) is 5.72. The SMILES string of the molecule is CCNC(Cc1sccc1Br)C1(C)CCCCO1. The second-order valence-electron chi connectivity index (χ2n) is 5.12. The van der Waals surface area contributed by atoms with Gasteiger partial charge in [0.1, 0.15) is 0 Å². The van der Waals surface area contributed by atoms with Crippen LogP contribution >= 0.6 is 27.3 Å². The van der Waals surface area contributed by atoms with Crippen molar-refractivity contribution in [3.63, 3.8) is 0 Å².